The fourth-order valence-electron chi connectivity index (χ4n) is 1.85. The summed E-state index contributed by atoms with van der Waals surface area (Å²) in [5.41, 5.74) is 1.22. The van der Waals surface area contributed by atoms with E-state index in [9.17, 15) is 4.79 Å². The number of thioether (sulfide) groups is 1. The molecule has 1 aromatic heterocycles. The summed E-state index contributed by atoms with van der Waals surface area (Å²) in [5.74, 6) is -0.00940. The zero-order valence-corrected chi connectivity index (χ0v) is 10.7. The molecule has 1 aliphatic heterocycles. The molecule has 0 radical (unpaired) electrons. The Kier molecular flexibility index (Phi) is 2.83. The van der Waals surface area contributed by atoms with E-state index in [1.54, 1.807) is 6.07 Å². The Hall–Kier alpha value is -2.15. The fraction of sp³-hybridized carbons (Fsp3) is 0.167. The number of carbonyl (C=O) groups is 1. The summed E-state index contributed by atoms with van der Waals surface area (Å²) in [7, 11) is 0. The first kappa shape index (κ1) is 11.9. The highest BCUT2D eigenvalue weighted by Gasteiger charge is 2.23. The number of fused-ring (bicyclic) bond motifs is 1. The first-order valence-electron chi connectivity index (χ1n) is 5.37. The molecule has 0 amide bonds. The third-order valence-electron chi connectivity index (χ3n) is 2.69. The maximum absolute atomic E-state index is 10.8. The van der Waals surface area contributed by atoms with Crippen LogP contribution in [0.2, 0.25) is 0 Å². The lowest BCUT2D eigenvalue weighted by Gasteiger charge is -2.07. The lowest BCUT2D eigenvalue weighted by Crippen LogP contribution is -1.93. The van der Waals surface area contributed by atoms with E-state index in [2.05, 4.69) is 5.16 Å². The van der Waals surface area contributed by atoms with E-state index in [-0.39, 0.29) is 12.6 Å². The van der Waals surface area contributed by atoms with Crippen LogP contribution in [0.25, 0.3) is 11.3 Å². The van der Waals surface area contributed by atoms with Crippen LogP contribution in [-0.4, -0.2) is 29.3 Å². The molecule has 0 fully saturated rings. The molecule has 3 rings (SSSR count). The van der Waals surface area contributed by atoms with Crippen LogP contribution >= 0.6 is 11.8 Å². The standard InChI is InChI=1S/C12H9NO5S/c1-19-11-6(2-3-8-10(11)17-5-16-8)7-4-9(12(14)15)18-13-7/h2-4H,5H2,1H3,(H,14,15). The van der Waals surface area contributed by atoms with Gasteiger partial charge in [-0.3, -0.25) is 0 Å². The molecule has 19 heavy (non-hydrogen) atoms. The quantitative estimate of drug-likeness (QED) is 0.864. The van der Waals surface area contributed by atoms with Gasteiger partial charge in [0.1, 0.15) is 5.69 Å². The van der Waals surface area contributed by atoms with E-state index in [0.717, 1.165) is 10.5 Å². The van der Waals surface area contributed by atoms with Gasteiger partial charge in [-0.1, -0.05) is 5.16 Å². The minimum atomic E-state index is -1.15. The lowest BCUT2D eigenvalue weighted by atomic mass is 10.1. The van der Waals surface area contributed by atoms with Crippen molar-refractivity contribution in [3.8, 4) is 22.8 Å². The van der Waals surface area contributed by atoms with Gasteiger partial charge < -0.3 is 19.1 Å². The summed E-state index contributed by atoms with van der Waals surface area (Å²) in [6.45, 7) is 0.186. The first-order chi connectivity index (χ1) is 9.20. The van der Waals surface area contributed by atoms with Gasteiger partial charge in [0.15, 0.2) is 11.5 Å². The molecule has 98 valence electrons. The average Bonchev–Trinajstić information content (AvgIpc) is 3.05. The smallest absolute Gasteiger partial charge is 0.374 e. The van der Waals surface area contributed by atoms with Crippen LogP contribution in [0.4, 0.5) is 0 Å². The number of carboxylic acids is 1. The maximum Gasteiger partial charge on any atom is 0.374 e. The highest BCUT2D eigenvalue weighted by atomic mass is 32.2. The molecule has 0 bridgehead atoms. The molecule has 0 unspecified atom stereocenters. The normalized spacial score (nSPS) is 12.7. The van der Waals surface area contributed by atoms with Gasteiger partial charge in [0.2, 0.25) is 12.6 Å². The number of benzene rings is 1. The van der Waals surface area contributed by atoms with E-state index < -0.39 is 5.97 Å². The van der Waals surface area contributed by atoms with Crippen molar-refractivity contribution in [3.05, 3.63) is 24.0 Å². The van der Waals surface area contributed by atoms with Crippen molar-refractivity contribution in [1.82, 2.24) is 5.16 Å². The molecule has 0 saturated heterocycles. The van der Waals surface area contributed by atoms with Crippen LogP contribution in [-0.2, 0) is 0 Å². The highest BCUT2D eigenvalue weighted by Crippen LogP contribution is 2.45. The largest absolute Gasteiger partial charge is 0.475 e. The van der Waals surface area contributed by atoms with Gasteiger partial charge in [0.05, 0.1) is 4.90 Å². The Labute approximate surface area is 112 Å². The monoisotopic (exact) mass is 279 g/mol. The number of hydrogen-bond donors (Lipinski definition) is 1. The molecule has 1 aliphatic rings. The topological polar surface area (TPSA) is 81.8 Å². The second-order valence-corrected chi connectivity index (χ2v) is 4.58. The number of aromatic carboxylic acids is 1. The van der Waals surface area contributed by atoms with Crippen molar-refractivity contribution in [2.24, 2.45) is 0 Å². The Balaban J connectivity index is 2.11. The first-order valence-corrected chi connectivity index (χ1v) is 6.60. The van der Waals surface area contributed by atoms with Gasteiger partial charge in [-0.25, -0.2) is 4.79 Å². The zero-order chi connectivity index (χ0) is 13.4. The molecule has 1 N–H and O–H groups in total. The molecule has 1 aromatic carbocycles. The minimum absolute atomic E-state index is 0.186. The molecule has 2 heterocycles. The zero-order valence-electron chi connectivity index (χ0n) is 9.87. The Morgan fingerprint density at radius 2 is 2.26 bits per heavy atom. The van der Waals surface area contributed by atoms with Gasteiger partial charge in [-0.15, -0.1) is 11.8 Å². The third-order valence-corrected chi connectivity index (χ3v) is 3.51. The number of rotatable bonds is 3. The van der Waals surface area contributed by atoms with Gasteiger partial charge in [0, 0.05) is 11.6 Å². The van der Waals surface area contributed by atoms with Gasteiger partial charge >= 0.3 is 5.97 Å². The average molecular weight is 279 g/mol. The molecule has 6 nitrogen and oxygen atoms in total. The number of hydrogen-bond acceptors (Lipinski definition) is 6. The van der Waals surface area contributed by atoms with Crippen molar-refractivity contribution in [2.45, 2.75) is 4.90 Å². The predicted octanol–water partition coefficient (Wildman–Crippen LogP) is 2.49. The van der Waals surface area contributed by atoms with E-state index in [0.29, 0.717) is 17.2 Å². The Bertz CT molecular complexity index is 652. The van der Waals surface area contributed by atoms with Crippen molar-refractivity contribution in [3.63, 3.8) is 0 Å². The summed E-state index contributed by atoms with van der Waals surface area (Å²) in [6, 6.07) is 4.97. The maximum atomic E-state index is 10.8. The van der Waals surface area contributed by atoms with Crippen LogP contribution in [0.1, 0.15) is 10.6 Å². The van der Waals surface area contributed by atoms with Crippen LogP contribution in [0.3, 0.4) is 0 Å². The number of aromatic nitrogens is 1. The second-order valence-electron chi connectivity index (χ2n) is 3.76. The summed E-state index contributed by atoms with van der Waals surface area (Å²) >= 11 is 1.48. The molecule has 0 aliphatic carbocycles. The van der Waals surface area contributed by atoms with E-state index in [4.69, 9.17) is 19.1 Å². The molecule has 0 spiro atoms. The van der Waals surface area contributed by atoms with E-state index >= 15 is 0 Å². The second kappa shape index (κ2) is 4.51. The Morgan fingerprint density at radius 3 is 2.95 bits per heavy atom. The number of nitrogens with zero attached hydrogens (tertiary/aromatic N) is 1. The lowest BCUT2D eigenvalue weighted by molar-refractivity contribution is 0.0652. The van der Waals surface area contributed by atoms with Crippen LogP contribution in [0, 0.1) is 0 Å². The molecule has 0 atom stereocenters. The van der Waals surface area contributed by atoms with Crippen LogP contribution in [0.5, 0.6) is 11.5 Å². The van der Waals surface area contributed by atoms with E-state index in [1.165, 1.54) is 17.8 Å². The highest BCUT2D eigenvalue weighted by molar-refractivity contribution is 7.98. The SMILES string of the molecule is CSc1c(-c2cc(C(=O)O)on2)ccc2c1OCO2. The third kappa shape index (κ3) is 1.91. The predicted molar refractivity (Wildman–Crippen MR) is 66.8 cm³/mol. The fourth-order valence-corrected chi connectivity index (χ4v) is 2.59. The molecular weight excluding hydrogens is 270 g/mol. The molecular formula is C12H9NO5S. The molecule has 7 heteroatoms. The van der Waals surface area contributed by atoms with E-state index in [1.807, 2.05) is 12.3 Å². The number of ether oxygens (including phenoxy) is 2. The molecule has 2 aromatic rings. The van der Waals surface area contributed by atoms with Crippen LogP contribution in [0.15, 0.2) is 27.6 Å². The van der Waals surface area contributed by atoms with Crippen molar-refractivity contribution < 1.29 is 23.9 Å². The molecule has 0 saturated carbocycles. The summed E-state index contributed by atoms with van der Waals surface area (Å²) in [5, 5.41) is 12.6. The summed E-state index contributed by atoms with van der Waals surface area (Å²) in [6.07, 6.45) is 1.90. The van der Waals surface area contributed by atoms with Crippen molar-refractivity contribution in [1.29, 1.82) is 0 Å². The van der Waals surface area contributed by atoms with Gasteiger partial charge in [-0.2, -0.15) is 0 Å². The summed E-state index contributed by atoms with van der Waals surface area (Å²) < 4.78 is 15.5. The van der Waals surface area contributed by atoms with Gasteiger partial charge in [0.25, 0.3) is 0 Å². The van der Waals surface area contributed by atoms with Crippen molar-refractivity contribution >= 4 is 17.7 Å². The summed E-state index contributed by atoms with van der Waals surface area (Å²) in [4.78, 5) is 11.7. The Morgan fingerprint density at radius 1 is 1.42 bits per heavy atom. The number of carboxylic acid groups (broad SMARTS) is 1. The van der Waals surface area contributed by atoms with Crippen molar-refractivity contribution in [2.75, 3.05) is 13.0 Å². The van der Waals surface area contributed by atoms with Gasteiger partial charge in [-0.05, 0) is 18.4 Å². The minimum Gasteiger partial charge on any atom is -0.475 e. The van der Waals surface area contributed by atoms with Crippen LogP contribution < -0.4 is 9.47 Å².